The number of carbonyl (C=O) groups is 3. The van der Waals surface area contributed by atoms with E-state index in [1.54, 1.807) is 24.1 Å². The minimum Gasteiger partial charge on any atom is -0.442 e. The van der Waals surface area contributed by atoms with Crippen LogP contribution in [0, 0.1) is 15.9 Å². The van der Waals surface area contributed by atoms with Gasteiger partial charge in [0.25, 0.3) is 5.91 Å². The first kappa shape index (κ1) is 24.0. The summed E-state index contributed by atoms with van der Waals surface area (Å²) in [5.74, 6) is -1.92. The third-order valence-corrected chi connectivity index (χ3v) is 6.05. The maximum Gasteiger partial charge on any atom is 0.433 e. The number of cyclic esters (lactones) is 1. The molecule has 0 saturated carbocycles. The molecule has 3 heterocycles. The molecule has 2 aliphatic rings. The van der Waals surface area contributed by atoms with E-state index in [0.717, 1.165) is 6.07 Å². The van der Waals surface area contributed by atoms with E-state index in [0.29, 0.717) is 30.9 Å². The van der Waals surface area contributed by atoms with Gasteiger partial charge < -0.3 is 24.3 Å². The van der Waals surface area contributed by atoms with E-state index in [4.69, 9.17) is 9.15 Å². The lowest BCUT2D eigenvalue weighted by atomic mass is 10.2. The Balaban J connectivity index is 1.39. The van der Waals surface area contributed by atoms with Gasteiger partial charge in [0.05, 0.1) is 36.6 Å². The third kappa shape index (κ3) is 5.03. The fourth-order valence-electron chi connectivity index (χ4n) is 4.17. The molecule has 1 unspecified atom stereocenters. The quantitative estimate of drug-likeness (QED) is 0.461. The van der Waals surface area contributed by atoms with Crippen LogP contribution in [0.1, 0.15) is 23.9 Å². The third-order valence-electron chi connectivity index (χ3n) is 6.05. The number of benzene rings is 1. The summed E-state index contributed by atoms with van der Waals surface area (Å²) in [6.45, 7) is 2.56. The molecule has 1 aromatic heterocycles. The van der Waals surface area contributed by atoms with Crippen LogP contribution in [0.2, 0.25) is 0 Å². The van der Waals surface area contributed by atoms with E-state index >= 15 is 4.39 Å². The van der Waals surface area contributed by atoms with Crippen LogP contribution in [0.3, 0.4) is 0 Å². The summed E-state index contributed by atoms with van der Waals surface area (Å²) in [6, 6.07) is 6.56. The molecule has 2 aromatic rings. The summed E-state index contributed by atoms with van der Waals surface area (Å²) in [5, 5.41) is 13.4. The summed E-state index contributed by atoms with van der Waals surface area (Å²) >= 11 is 0. The summed E-state index contributed by atoms with van der Waals surface area (Å²) in [7, 11) is 1.57. The Morgan fingerprint density at radius 1 is 1.29 bits per heavy atom. The van der Waals surface area contributed by atoms with E-state index in [-0.39, 0.29) is 30.8 Å². The average Bonchev–Trinajstić information content (AvgIpc) is 3.56. The van der Waals surface area contributed by atoms with Crippen LogP contribution in [-0.4, -0.2) is 73.1 Å². The van der Waals surface area contributed by atoms with Crippen molar-refractivity contribution in [3.8, 4) is 0 Å². The van der Waals surface area contributed by atoms with Gasteiger partial charge in [-0.3, -0.25) is 24.6 Å². The van der Waals surface area contributed by atoms with Crippen LogP contribution >= 0.6 is 0 Å². The number of hydrogen-bond donors (Lipinski definition) is 1. The van der Waals surface area contributed by atoms with Gasteiger partial charge >= 0.3 is 12.0 Å². The maximum atomic E-state index is 15.0. The molecular formula is C22H24FN5O7. The van der Waals surface area contributed by atoms with Gasteiger partial charge in [-0.2, -0.15) is 0 Å². The second-order valence-corrected chi connectivity index (χ2v) is 8.39. The molecule has 0 aliphatic carbocycles. The van der Waals surface area contributed by atoms with Crippen LogP contribution in [0.4, 0.5) is 26.4 Å². The van der Waals surface area contributed by atoms with E-state index in [9.17, 15) is 24.5 Å². The second kappa shape index (κ2) is 9.60. The number of anilines is 2. The molecule has 35 heavy (non-hydrogen) atoms. The second-order valence-electron chi connectivity index (χ2n) is 8.39. The molecule has 186 valence electrons. The summed E-state index contributed by atoms with van der Waals surface area (Å²) in [5.41, 5.74) is 0.664. The SMILES string of the molecule is CC(=O)NC[C@H]1CN(c2ccc(N3CCC(N(C)C(=O)c4ccc([N+](=O)[O-])o4)C3)c(F)c2)C(=O)O1. The van der Waals surface area contributed by atoms with Crippen molar-refractivity contribution in [1.29, 1.82) is 0 Å². The van der Waals surface area contributed by atoms with Crippen LogP contribution in [0.15, 0.2) is 34.7 Å². The van der Waals surface area contributed by atoms with Crippen molar-refractivity contribution in [3.63, 3.8) is 0 Å². The van der Waals surface area contributed by atoms with Crippen molar-refractivity contribution in [3.05, 3.63) is 52.0 Å². The van der Waals surface area contributed by atoms with Crippen LogP contribution < -0.4 is 15.1 Å². The van der Waals surface area contributed by atoms with Crippen LogP contribution in [0.25, 0.3) is 0 Å². The zero-order valence-electron chi connectivity index (χ0n) is 19.1. The Kier molecular flexibility index (Phi) is 6.58. The van der Waals surface area contributed by atoms with Gasteiger partial charge in [0.2, 0.25) is 5.91 Å². The molecule has 3 amide bonds. The maximum absolute atomic E-state index is 15.0. The van der Waals surface area contributed by atoms with Gasteiger partial charge in [0.1, 0.15) is 16.8 Å². The van der Waals surface area contributed by atoms with Gasteiger partial charge in [-0.25, -0.2) is 9.18 Å². The number of nitrogens with one attached hydrogen (secondary N) is 1. The number of halogens is 1. The number of nitro groups is 1. The largest absolute Gasteiger partial charge is 0.442 e. The van der Waals surface area contributed by atoms with Gasteiger partial charge in [-0.1, -0.05) is 0 Å². The van der Waals surface area contributed by atoms with Crippen molar-refractivity contribution >= 4 is 35.2 Å². The number of amides is 3. The molecule has 12 nitrogen and oxygen atoms in total. The number of carbonyl (C=O) groups excluding carboxylic acids is 3. The number of rotatable bonds is 7. The monoisotopic (exact) mass is 489 g/mol. The molecule has 1 aromatic carbocycles. The first-order valence-electron chi connectivity index (χ1n) is 10.9. The van der Waals surface area contributed by atoms with Crippen molar-refractivity contribution in [2.75, 3.05) is 43.0 Å². The number of furan rings is 1. The van der Waals surface area contributed by atoms with Gasteiger partial charge in [0.15, 0.2) is 5.76 Å². The first-order valence-corrected chi connectivity index (χ1v) is 10.9. The molecule has 13 heteroatoms. The topological polar surface area (TPSA) is 138 Å². The van der Waals surface area contributed by atoms with Crippen molar-refractivity contribution in [2.24, 2.45) is 0 Å². The lowest BCUT2D eigenvalue weighted by molar-refractivity contribution is -0.402. The highest BCUT2D eigenvalue weighted by Gasteiger charge is 2.34. The summed E-state index contributed by atoms with van der Waals surface area (Å²) in [4.78, 5) is 50.5. The highest BCUT2D eigenvalue weighted by atomic mass is 19.1. The highest BCUT2D eigenvalue weighted by Crippen LogP contribution is 2.31. The fraction of sp³-hybridized carbons (Fsp3) is 0.409. The Hall–Kier alpha value is -4.16. The molecular weight excluding hydrogens is 465 g/mol. The van der Waals surface area contributed by atoms with E-state index in [1.165, 1.54) is 28.9 Å². The average molecular weight is 489 g/mol. The fourth-order valence-corrected chi connectivity index (χ4v) is 4.17. The molecule has 2 atom stereocenters. The lowest BCUT2D eigenvalue weighted by Gasteiger charge is -2.25. The normalized spacial score (nSPS) is 19.6. The molecule has 2 saturated heterocycles. The zero-order valence-corrected chi connectivity index (χ0v) is 19.1. The first-order chi connectivity index (χ1) is 16.6. The van der Waals surface area contributed by atoms with E-state index in [1.807, 2.05) is 0 Å². The number of likely N-dealkylation sites (N-methyl/N-ethyl adjacent to an activating group) is 1. The Morgan fingerprint density at radius 3 is 2.71 bits per heavy atom. The van der Waals surface area contributed by atoms with Crippen molar-refractivity contribution < 1.29 is 32.9 Å². The van der Waals surface area contributed by atoms with E-state index in [2.05, 4.69) is 5.32 Å². The van der Waals surface area contributed by atoms with Crippen LogP contribution in [0.5, 0.6) is 0 Å². The van der Waals surface area contributed by atoms with Gasteiger partial charge in [0, 0.05) is 27.1 Å². The standard InChI is InChI=1S/C22H24FN5O7/c1-13(29)24-10-16-12-27(22(31)34-16)14-3-4-18(17(23)9-14)26-8-7-15(11-26)25(2)21(30)19-5-6-20(35-19)28(32)33/h3-6,9,15-16H,7-8,10-12H2,1-2H3,(H,24,29)/t15?,16-/m0/s1. The Labute approximate surface area is 199 Å². The molecule has 4 rings (SSSR count). The van der Waals surface area contributed by atoms with E-state index < -0.39 is 34.7 Å². The molecule has 0 radical (unpaired) electrons. The summed E-state index contributed by atoms with van der Waals surface area (Å²) < 4.78 is 25.2. The number of hydrogen-bond acceptors (Lipinski definition) is 8. The zero-order chi connectivity index (χ0) is 25.3. The molecule has 2 aliphatic heterocycles. The van der Waals surface area contributed by atoms with Crippen LogP contribution in [-0.2, 0) is 9.53 Å². The molecule has 1 N–H and O–H groups in total. The van der Waals surface area contributed by atoms with Gasteiger partial charge in [-0.05, 0) is 30.7 Å². The highest BCUT2D eigenvalue weighted by molar-refractivity contribution is 5.92. The molecule has 0 spiro atoms. The summed E-state index contributed by atoms with van der Waals surface area (Å²) in [6.07, 6.45) is -0.584. The van der Waals surface area contributed by atoms with Gasteiger partial charge in [-0.15, -0.1) is 0 Å². The smallest absolute Gasteiger partial charge is 0.433 e. The predicted molar refractivity (Wildman–Crippen MR) is 121 cm³/mol. The van der Waals surface area contributed by atoms with Crippen molar-refractivity contribution in [2.45, 2.75) is 25.5 Å². The minimum atomic E-state index is -0.717. The lowest BCUT2D eigenvalue weighted by Crippen LogP contribution is -2.39. The Bertz CT molecular complexity index is 1170. The number of nitrogens with zero attached hydrogens (tertiary/aromatic N) is 4. The number of ether oxygens (including phenoxy) is 1. The predicted octanol–water partition coefficient (Wildman–Crippen LogP) is 2.14. The minimum absolute atomic E-state index is 0.137. The molecule has 2 fully saturated rings. The molecule has 0 bridgehead atoms. The Morgan fingerprint density at radius 2 is 2.06 bits per heavy atom. The van der Waals surface area contributed by atoms with Crippen molar-refractivity contribution in [1.82, 2.24) is 10.2 Å².